The van der Waals surface area contributed by atoms with E-state index in [4.69, 9.17) is 11.6 Å². The van der Waals surface area contributed by atoms with Crippen LogP contribution in [0.2, 0.25) is 5.02 Å². The van der Waals surface area contributed by atoms with Crippen LogP contribution < -0.4 is 10.6 Å². The fraction of sp³-hybridized carbons (Fsp3) is 0.333. The summed E-state index contributed by atoms with van der Waals surface area (Å²) < 4.78 is 0. The number of fused-ring (bicyclic) bond motifs is 1. The molecule has 4 aromatic rings. The number of aromatic amines is 1. The third-order valence-electron chi connectivity index (χ3n) is 7.63. The monoisotopic (exact) mass is 642 g/mol. The lowest BCUT2D eigenvalue weighted by Crippen LogP contribution is -2.47. The molecule has 0 spiro atoms. The molecule has 0 radical (unpaired) electrons. The molecule has 2 aromatic carbocycles. The van der Waals surface area contributed by atoms with Crippen LogP contribution in [-0.2, 0) is 32.0 Å². The van der Waals surface area contributed by atoms with Crippen LogP contribution in [0.4, 0.5) is 0 Å². The second-order valence-corrected chi connectivity index (χ2v) is 13.0. The van der Waals surface area contributed by atoms with Gasteiger partial charge in [0.05, 0.1) is 17.5 Å². The number of ketones is 3. The highest BCUT2D eigenvalue weighted by Crippen LogP contribution is 2.22. The van der Waals surface area contributed by atoms with Gasteiger partial charge in [0.2, 0.25) is 23.4 Å². The fourth-order valence-corrected chi connectivity index (χ4v) is 5.30. The number of aromatic nitrogens is 2. The van der Waals surface area contributed by atoms with Gasteiger partial charge in [-0.1, -0.05) is 68.8 Å². The van der Waals surface area contributed by atoms with E-state index in [-0.39, 0.29) is 36.0 Å². The van der Waals surface area contributed by atoms with Crippen molar-refractivity contribution in [1.82, 2.24) is 20.6 Å². The summed E-state index contributed by atoms with van der Waals surface area (Å²) in [4.78, 5) is 74.0. The summed E-state index contributed by atoms with van der Waals surface area (Å²) >= 11 is 6.30. The number of pyridine rings is 1. The Balaban J connectivity index is 1.54. The standard InChI is InChI=1S/C36H39ClN4O5/c1-36(2,3)22-40-33(44)20-25(19-32(43)34(45)27-21-39-29-11-7-5-9-26(27)29)35(46)41-30(18-23-14-16-38-17-15-23)31(42)13-12-24-8-4-6-10-28(24)37/h4-11,14-17,21,25,30,39H,12-13,18-20,22H2,1-3H3,(H,40,44)(H,41,46)/t25-,30-/m0/s1. The summed E-state index contributed by atoms with van der Waals surface area (Å²) in [5.74, 6) is -4.06. The zero-order valence-corrected chi connectivity index (χ0v) is 27.0. The van der Waals surface area contributed by atoms with Gasteiger partial charge in [0, 0.05) is 60.3 Å². The molecule has 0 aliphatic carbocycles. The first-order valence-corrected chi connectivity index (χ1v) is 15.6. The van der Waals surface area contributed by atoms with Crippen molar-refractivity contribution in [2.75, 3.05) is 6.54 Å². The number of nitrogens with one attached hydrogen (secondary N) is 3. The number of Topliss-reactive ketones (excluding diaryl/α,β-unsaturated/α-hetero) is 3. The Morgan fingerprint density at radius 2 is 1.61 bits per heavy atom. The van der Waals surface area contributed by atoms with E-state index in [1.54, 1.807) is 48.8 Å². The molecule has 0 fully saturated rings. The molecular weight excluding hydrogens is 604 g/mol. The van der Waals surface area contributed by atoms with Gasteiger partial charge in [-0.05, 0) is 53.6 Å². The average Bonchev–Trinajstić information content (AvgIpc) is 3.46. The van der Waals surface area contributed by atoms with Crippen molar-refractivity contribution in [3.8, 4) is 0 Å². The van der Waals surface area contributed by atoms with Gasteiger partial charge in [0.25, 0.3) is 0 Å². The molecule has 2 heterocycles. The first-order chi connectivity index (χ1) is 21.9. The van der Waals surface area contributed by atoms with Crippen molar-refractivity contribution in [2.24, 2.45) is 11.3 Å². The molecule has 240 valence electrons. The maximum absolute atomic E-state index is 13.8. The third kappa shape index (κ3) is 9.68. The Bertz CT molecular complexity index is 1710. The van der Waals surface area contributed by atoms with E-state index in [9.17, 15) is 24.0 Å². The Labute approximate surface area is 273 Å². The van der Waals surface area contributed by atoms with Crippen molar-refractivity contribution >= 4 is 51.7 Å². The van der Waals surface area contributed by atoms with Crippen LogP contribution in [0, 0.1) is 11.3 Å². The average molecular weight is 643 g/mol. The Hall–Kier alpha value is -4.63. The van der Waals surface area contributed by atoms with Gasteiger partial charge < -0.3 is 15.6 Å². The number of carbonyl (C=O) groups is 5. The topological polar surface area (TPSA) is 138 Å². The first kappa shape index (κ1) is 34.2. The summed E-state index contributed by atoms with van der Waals surface area (Å²) in [7, 11) is 0. The number of rotatable bonds is 15. The SMILES string of the molecule is CC(C)(C)CNC(=O)C[C@H](CC(=O)C(=O)c1c[nH]c2ccccc12)C(=O)N[C@@H](Cc1ccncc1)C(=O)CCc1ccccc1Cl. The number of halogens is 1. The van der Waals surface area contributed by atoms with Gasteiger partial charge in [0.1, 0.15) is 0 Å². The van der Waals surface area contributed by atoms with Crippen molar-refractivity contribution in [1.29, 1.82) is 0 Å². The minimum absolute atomic E-state index is 0.106. The summed E-state index contributed by atoms with van der Waals surface area (Å²) in [5, 5.41) is 6.76. The van der Waals surface area contributed by atoms with E-state index in [2.05, 4.69) is 20.6 Å². The molecule has 0 unspecified atom stereocenters. The lowest BCUT2D eigenvalue weighted by atomic mass is 9.91. The number of para-hydroxylation sites is 1. The number of hydrogen-bond acceptors (Lipinski definition) is 6. The van der Waals surface area contributed by atoms with Crippen LogP contribution in [0.25, 0.3) is 10.9 Å². The Morgan fingerprint density at radius 3 is 2.33 bits per heavy atom. The van der Waals surface area contributed by atoms with Crippen LogP contribution in [0.3, 0.4) is 0 Å². The predicted octanol–water partition coefficient (Wildman–Crippen LogP) is 5.46. The van der Waals surface area contributed by atoms with Gasteiger partial charge >= 0.3 is 0 Å². The second kappa shape index (κ2) is 15.6. The summed E-state index contributed by atoms with van der Waals surface area (Å²) in [6.45, 7) is 6.23. The Morgan fingerprint density at radius 1 is 0.913 bits per heavy atom. The first-order valence-electron chi connectivity index (χ1n) is 15.3. The number of carbonyl (C=O) groups excluding carboxylic acids is 5. The van der Waals surface area contributed by atoms with E-state index < -0.39 is 41.8 Å². The molecule has 4 rings (SSSR count). The zero-order valence-electron chi connectivity index (χ0n) is 26.3. The molecule has 0 saturated heterocycles. The van der Waals surface area contributed by atoms with Gasteiger partial charge in [0.15, 0.2) is 5.78 Å². The van der Waals surface area contributed by atoms with Crippen LogP contribution in [0.1, 0.15) is 61.5 Å². The molecule has 46 heavy (non-hydrogen) atoms. The maximum Gasteiger partial charge on any atom is 0.230 e. The number of amides is 2. The molecule has 10 heteroatoms. The van der Waals surface area contributed by atoms with Crippen molar-refractivity contribution < 1.29 is 24.0 Å². The van der Waals surface area contributed by atoms with Crippen molar-refractivity contribution in [3.63, 3.8) is 0 Å². The van der Waals surface area contributed by atoms with Gasteiger partial charge in [-0.2, -0.15) is 0 Å². The molecule has 9 nitrogen and oxygen atoms in total. The fourth-order valence-electron chi connectivity index (χ4n) is 5.07. The second-order valence-electron chi connectivity index (χ2n) is 12.6. The van der Waals surface area contributed by atoms with Crippen LogP contribution >= 0.6 is 11.6 Å². The highest BCUT2D eigenvalue weighted by atomic mass is 35.5. The van der Waals surface area contributed by atoms with Gasteiger partial charge in [-0.25, -0.2) is 0 Å². The molecule has 0 bridgehead atoms. The maximum atomic E-state index is 13.8. The summed E-state index contributed by atoms with van der Waals surface area (Å²) in [6.07, 6.45) is 4.50. The number of nitrogens with zero attached hydrogens (tertiary/aromatic N) is 1. The number of H-pyrrole nitrogens is 1. The number of benzene rings is 2. The van der Waals surface area contributed by atoms with E-state index >= 15 is 0 Å². The smallest absolute Gasteiger partial charge is 0.230 e. The molecule has 2 atom stereocenters. The molecule has 0 aliphatic rings. The highest BCUT2D eigenvalue weighted by Gasteiger charge is 2.32. The van der Waals surface area contributed by atoms with Gasteiger partial charge in [-0.15, -0.1) is 0 Å². The number of hydrogen-bond donors (Lipinski definition) is 3. The molecule has 2 amide bonds. The third-order valence-corrected chi connectivity index (χ3v) is 8.00. The van der Waals surface area contributed by atoms with E-state index in [0.29, 0.717) is 28.9 Å². The lowest BCUT2D eigenvalue weighted by molar-refractivity contribution is -0.134. The number of aryl methyl sites for hydroxylation is 1. The van der Waals surface area contributed by atoms with Crippen molar-refractivity contribution in [3.05, 3.63) is 101 Å². The molecular formula is C36H39ClN4O5. The quantitative estimate of drug-likeness (QED) is 0.116. The normalized spacial score (nSPS) is 12.7. The van der Waals surface area contributed by atoms with Crippen LogP contribution in [0.5, 0.6) is 0 Å². The van der Waals surface area contributed by atoms with Crippen LogP contribution in [-0.4, -0.2) is 51.7 Å². The van der Waals surface area contributed by atoms with Crippen LogP contribution in [0.15, 0.2) is 79.3 Å². The minimum Gasteiger partial charge on any atom is -0.360 e. The Kier molecular flexibility index (Phi) is 11.6. The van der Waals surface area contributed by atoms with Gasteiger partial charge in [-0.3, -0.25) is 29.0 Å². The van der Waals surface area contributed by atoms with E-state index in [0.717, 1.165) is 11.1 Å². The highest BCUT2D eigenvalue weighted by molar-refractivity contribution is 6.46. The van der Waals surface area contributed by atoms with Crippen molar-refractivity contribution in [2.45, 2.75) is 58.9 Å². The summed E-state index contributed by atoms with van der Waals surface area (Å²) in [5.41, 5.74) is 2.27. The predicted molar refractivity (Wildman–Crippen MR) is 177 cm³/mol. The molecule has 3 N–H and O–H groups in total. The summed E-state index contributed by atoms with van der Waals surface area (Å²) in [6, 6.07) is 16.9. The molecule has 2 aromatic heterocycles. The van der Waals surface area contributed by atoms with E-state index in [1.165, 1.54) is 6.20 Å². The molecule has 0 aliphatic heterocycles. The molecule has 0 saturated carbocycles. The zero-order chi connectivity index (χ0) is 33.3. The largest absolute Gasteiger partial charge is 0.360 e. The van der Waals surface area contributed by atoms with E-state index in [1.807, 2.05) is 45.0 Å². The minimum atomic E-state index is -1.18. The lowest BCUT2D eigenvalue weighted by Gasteiger charge is -2.23.